The monoisotopic (exact) mass is 277 g/mol. The summed E-state index contributed by atoms with van der Waals surface area (Å²) in [6.07, 6.45) is 5.14. The second-order valence-electron chi connectivity index (χ2n) is 5.08. The molecule has 1 saturated carbocycles. The fraction of sp³-hybridized carbons (Fsp3) is 0.462. The minimum Gasteiger partial charge on any atom is -0.399 e. The zero-order valence-electron chi connectivity index (χ0n) is 10.6. The molecule has 0 atom stereocenters. The van der Waals surface area contributed by atoms with Gasteiger partial charge in [-0.3, -0.25) is 0 Å². The van der Waals surface area contributed by atoms with Crippen molar-refractivity contribution >= 4 is 17.3 Å². The van der Waals surface area contributed by atoms with Gasteiger partial charge in [-0.05, 0) is 47.4 Å². The molecule has 2 N–H and O–H groups in total. The lowest BCUT2D eigenvalue weighted by molar-refractivity contribution is 0.527. The third kappa shape index (κ3) is 3.04. The van der Waals surface area contributed by atoms with Gasteiger partial charge in [-0.25, -0.2) is 4.68 Å². The molecule has 0 amide bonds. The molecule has 1 aliphatic rings. The largest absolute Gasteiger partial charge is 0.399 e. The van der Waals surface area contributed by atoms with Crippen molar-refractivity contribution in [3.63, 3.8) is 0 Å². The van der Waals surface area contributed by atoms with Crippen molar-refractivity contribution in [1.29, 1.82) is 0 Å². The molecule has 6 heteroatoms. The highest BCUT2D eigenvalue weighted by Gasteiger charge is 2.20. The lowest BCUT2D eigenvalue weighted by Gasteiger charge is -2.05. The van der Waals surface area contributed by atoms with Crippen LogP contribution in [0.4, 0.5) is 5.69 Å². The minimum absolute atomic E-state index is 0.600. The Balaban J connectivity index is 1.77. The predicted octanol–water partition coefficient (Wildman–Crippen LogP) is 2.77. The van der Waals surface area contributed by atoms with Gasteiger partial charge in [-0.2, -0.15) is 0 Å². The van der Waals surface area contributed by atoms with E-state index in [1.165, 1.54) is 19.3 Å². The molecule has 1 aromatic heterocycles. The number of aryl methyl sites for hydroxylation is 1. The average Bonchev–Trinajstić information content (AvgIpc) is 3.04. The van der Waals surface area contributed by atoms with E-state index in [4.69, 9.17) is 17.3 Å². The highest BCUT2D eigenvalue weighted by Crippen LogP contribution is 2.33. The second kappa shape index (κ2) is 5.17. The zero-order valence-corrected chi connectivity index (χ0v) is 11.3. The summed E-state index contributed by atoms with van der Waals surface area (Å²) in [5.41, 5.74) is 7.28. The topological polar surface area (TPSA) is 69.6 Å². The fourth-order valence-corrected chi connectivity index (χ4v) is 2.48. The van der Waals surface area contributed by atoms with E-state index in [0.717, 1.165) is 30.3 Å². The summed E-state index contributed by atoms with van der Waals surface area (Å²) in [6, 6.07) is 5.39. The number of nitrogen functional groups attached to an aromatic ring is 1. The first-order valence-electron chi connectivity index (χ1n) is 6.55. The van der Waals surface area contributed by atoms with Gasteiger partial charge in [-0.1, -0.05) is 24.4 Å². The highest BCUT2D eigenvalue weighted by atomic mass is 35.5. The van der Waals surface area contributed by atoms with Gasteiger partial charge in [-0.15, -0.1) is 5.10 Å². The van der Waals surface area contributed by atoms with Crippen molar-refractivity contribution in [3.05, 3.63) is 23.2 Å². The Morgan fingerprint density at radius 3 is 2.89 bits per heavy atom. The van der Waals surface area contributed by atoms with E-state index >= 15 is 0 Å². The summed E-state index contributed by atoms with van der Waals surface area (Å²) in [6.45, 7) is 0.839. The van der Waals surface area contributed by atoms with Gasteiger partial charge in [0.05, 0.1) is 0 Å². The number of hydrogen-bond donors (Lipinski definition) is 1. The van der Waals surface area contributed by atoms with Crippen molar-refractivity contribution in [2.24, 2.45) is 5.92 Å². The number of nitrogens with zero attached hydrogens (tertiary/aromatic N) is 4. The van der Waals surface area contributed by atoms with Gasteiger partial charge >= 0.3 is 0 Å². The molecule has 0 aliphatic heterocycles. The minimum atomic E-state index is 0.600. The van der Waals surface area contributed by atoms with Crippen LogP contribution in [0, 0.1) is 5.92 Å². The molecular formula is C13H16ClN5. The van der Waals surface area contributed by atoms with E-state index in [-0.39, 0.29) is 0 Å². The maximum absolute atomic E-state index is 6.02. The van der Waals surface area contributed by atoms with Gasteiger partial charge in [0.25, 0.3) is 0 Å². The van der Waals surface area contributed by atoms with Crippen molar-refractivity contribution < 1.29 is 0 Å². The van der Waals surface area contributed by atoms with Crippen molar-refractivity contribution in [3.8, 4) is 11.4 Å². The second-order valence-corrected chi connectivity index (χ2v) is 5.52. The molecule has 100 valence electrons. The van der Waals surface area contributed by atoms with Crippen molar-refractivity contribution in [2.75, 3.05) is 5.73 Å². The maximum Gasteiger partial charge on any atom is 0.182 e. The standard InChI is InChI=1S/C13H16ClN5/c14-11-6-10(7-12(15)8-11)13-16-17-18-19(13)5-1-2-9-3-4-9/h6-9H,1-5,15H2. The molecule has 0 radical (unpaired) electrons. The molecule has 0 bridgehead atoms. The predicted molar refractivity (Wildman–Crippen MR) is 74.6 cm³/mol. The van der Waals surface area contributed by atoms with Gasteiger partial charge in [0.2, 0.25) is 0 Å². The Morgan fingerprint density at radius 2 is 2.16 bits per heavy atom. The summed E-state index contributed by atoms with van der Waals surface area (Å²) >= 11 is 6.02. The van der Waals surface area contributed by atoms with Crippen LogP contribution in [0.15, 0.2) is 18.2 Å². The third-order valence-corrected chi connectivity index (χ3v) is 3.61. The number of hydrogen-bond acceptors (Lipinski definition) is 4. The van der Waals surface area contributed by atoms with Gasteiger partial charge in [0.15, 0.2) is 5.82 Å². The Hall–Kier alpha value is -1.62. The molecule has 1 aromatic carbocycles. The van der Waals surface area contributed by atoms with E-state index in [1.54, 1.807) is 6.07 Å². The SMILES string of the molecule is Nc1cc(Cl)cc(-c2nnnn2CCCC2CC2)c1. The quantitative estimate of drug-likeness (QED) is 0.853. The molecule has 1 fully saturated rings. The average molecular weight is 278 g/mol. The van der Waals surface area contributed by atoms with Crippen LogP contribution in [-0.4, -0.2) is 20.2 Å². The summed E-state index contributed by atoms with van der Waals surface area (Å²) in [4.78, 5) is 0. The zero-order chi connectivity index (χ0) is 13.2. The number of benzene rings is 1. The summed E-state index contributed by atoms with van der Waals surface area (Å²) in [7, 11) is 0. The first-order valence-corrected chi connectivity index (χ1v) is 6.93. The number of tetrazole rings is 1. The molecule has 3 rings (SSSR count). The third-order valence-electron chi connectivity index (χ3n) is 3.39. The number of nitrogens with two attached hydrogens (primary N) is 1. The number of rotatable bonds is 5. The molecular weight excluding hydrogens is 262 g/mol. The smallest absolute Gasteiger partial charge is 0.182 e. The van der Waals surface area contributed by atoms with Gasteiger partial charge in [0, 0.05) is 22.8 Å². The molecule has 0 saturated heterocycles. The van der Waals surface area contributed by atoms with Crippen LogP contribution in [0.2, 0.25) is 5.02 Å². The van der Waals surface area contributed by atoms with E-state index in [9.17, 15) is 0 Å². The Bertz CT molecular complexity index is 556. The molecule has 1 aliphatic carbocycles. The fourth-order valence-electron chi connectivity index (χ4n) is 2.24. The number of anilines is 1. The molecule has 19 heavy (non-hydrogen) atoms. The highest BCUT2D eigenvalue weighted by molar-refractivity contribution is 6.31. The van der Waals surface area contributed by atoms with Crippen LogP contribution in [0.5, 0.6) is 0 Å². The number of aromatic nitrogens is 4. The molecule has 5 nitrogen and oxygen atoms in total. The van der Waals surface area contributed by atoms with E-state index in [2.05, 4.69) is 15.5 Å². The van der Waals surface area contributed by atoms with Crippen molar-refractivity contribution in [2.45, 2.75) is 32.2 Å². The Labute approximate surface area is 116 Å². The molecule has 0 unspecified atom stereocenters. The van der Waals surface area contributed by atoms with Crippen molar-refractivity contribution in [1.82, 2.24) is 20.2 Å². The van der Waals surface area contributed by atoms with Crippen LogP contribution >= 0.6 is 11.6 Å². The first-order chi connectivity index (χ1) is 9.22. The molecule has 2 aromatic rings. The lowest BCUT2D eigenvalue weighted by Crippen LogP contribution is -2.03. The Morgan fingerprint density at radius 1 is 1.32 bits per heavy atom. The van der Waals surface area contributed by atoms with Crippen LogP contribution < -0.4 is 5.73 Å². The molecule has 1 heterocycles. The van der Waals surface area contributed by atoms with Crippen LogP contribution in [-0.2, 0) is 6.54 Å². The van der Waals surface area contributed by atoms with Crippen LogP contribution in [0.1, 0.15) is 25.7 Å². The normalized spacial score (nSPS) is 14.8. The lowest BCUT2D eigenvalue weighted by atomic mass is 10.2. The van der Waals surface area contributed by atoms with E-state index < -0.39 is 0 Å². The summed E-state index contributed by atoms with van der Waals surface area (Å²) < 4.78 is 1.83. The number of halogens is 1. The molecule has 0 spiro atoms. The van der Waals surface area contributed by atoms with Gasteiger partial charge < -0.3 is 5.73 Å². The van der Waals surface area contributed by atoms with Crippen LogP contribution in [0.25, 0.3) is 11.4 Å². The summed E-state index contributed by atoms with van der Waals surface area (Å²) in [5, 5.41) is 12.5. The first kappa shape index (κ1) is 12.4. The Kier molecular flexibility index (Phi) is 3.38. The summed E-state index contributed by atoms with van der Waals surface area (Å²) in [5.74, 6) is 1.66. The van der Waals surface area contributed by atoms with E-state index in [0.29, 0.717) is 10.7 Å². The maximum atomic E-state index is 6.02. The van der Waals surface area contributed by atoms with E-state index in [1.807, 2.05) is 16.8 Å². The van der Waals surface area contributed by atoms with Gasteiger partial charge in [0.1, 0.15) is 0 Å². The van der Waals surface area contributed by atoms with Crippen LogP contribution in [0.3, 0.4) is 0 Å².